The fourth-order valence-electron chi connectivity index (χ4n) is 3.54. The second kappa shape index (κ2) is 19.3. The molecule has 0 radical (unpaired) electrons. The number of alkyl halides is 3. The first-order valence-electron chi connectivity index (χ1n) is 13.3. The van der Waals surface area contributed by atoms with Gasteiger partial charge in [-0.3, -0.25) is 25.2 Å². The highest BCUT2D eigenvalue weighted by molar-refractivity contribution is 6.02. The van der Waals surface area contributed by atoms with Gasteiger partial charge in [-0.25, -0.2) is 9.59 Å². The van der Waals surface area contributed by atoms with Gasteiger partial charge in [0.05, 0.1) is 0 Å². The summed E-state index contributed by atoms with van der Waals surface area (Å²) in [6, 6.07) is 4.34. The molecule has 3 amide bonds. The smallest absolute Gasteiger partial charge is 0.480 e. The Morgan fingerprint density at radius 2 is 1.41 bits per heavy atom. The number of nitrogen functional groups attached to an aromatic ring is 1. The summed E-state index contributed by atoms with van der Waals surface area (Å²) in [6.45, 7) is 2.18. The first kappa shape index (κ1) is 39.1. The SMILES string of the molecule is CCCC[C@H](NC(=O)[C@@H](Cc1ccc(C(=N)N)cc1)C(=O)NC)C(=O)NC(CCCNC(=N)N)C(=O)O.O=C(O)C(F)(F)F. The molecular formula is C26H39F3N8O7. The van der Waals surface area contributed by atoms with Gasteiger partial charge in [-0.1, -0.05) is 44.0 Å². The maximum Gasteiger partial charge on any atom is 0.490 e. The number of unbranched alkanes of at least 4 members (excludes halogenated alkanes) is 1. The van der Waals surface area contributed by atoms with E-state index in [1.807, 2.05) is 6.92 Å². The van der Waals surface area contributed by atoms with E-state index < -0.39 is 53.8 Å². The summed E-state index contributed by atoms with van der Waals surface area (Å²) in [4.78, 5) is 59.2. The molecule has 18 heteroatoms. The van der Waals surface area contributed by atoms with Gasteiger partial charge >= 0.3 is 18.1 Å². The number of hydrogen-bond donors (Lipinski definition) is 10. The molecule has 0 aliphatic heterocycles. The van der Waals surface area contributed by atoms with Crippen LogP contribution in [0.1, 0.15) is 50.2 Å². The number of nitrogens with one attached hydrogen (secondary N) is 6. The third-order valence-corrected chi connectivity index (χ3v) is 5.91. The topological polar surface area (TPSA) is 274 Å². The molecular weight excluding hydrogens is 593 g/mol. The molecule has 0 aliphatic rings. The van der Waals surface area contributed by atoms with Gasteiger partial charge in [0.25, 0.3) is 0 Å². The number of carboxylic acid groups (broad SMARTS) is 2. The Hall–Kier alpha value is -4.90. The first-order valence-corrected chi connectivity index (χ1v) is 13.3. The molecule has 1 rings (SSSR count). The van der Waals surface area contributed by atoms with Crippen molar-refractivity contribution in [1.29, 1.82) is 10.8 Å². The second-order valence-corrected chi connectivity index (χ2v) is 9.37. The lowest BCUT2D eigenvalue weighted by Crippen LogP contribution is -2.54. The molecule has 0 bridgehead atoms. The number of hydrogen-bond acceptors (Lipinski definition) is 7. The Morgan fingerprint density at radius 1 is 0.886 bits per heavy atom. The second-order valence-electron chi connectivity index (χ2n) is 9.37. The molecule has 12 N–H and O–H groups in total. The average molecular weight is 633 g/mol. The highest BCUT2D eigenvalue weighted by Gasteiger charge is 2.38. The lowest BCUT2D eigenvalue weighted by atomic mass is 9.95. The van der Waals surface area contributed by atoms with E-state index >= 15 is 0 Å². The predicted octanol–water partition coefficient (Wildman–Crippen LogP) is 0.0163. The zero-order chi connectivity index (χ0) is 34.0. The van der Waals surface area contributed by atoms with Crippen molar-refractivity contribution in [3.63, 3.8) is 0 Å². The molecule has 44 heavy (non-hydrogen) atoms. The molecule has 0 aliphatic carbocycles. The van der Waals surface area contributed by atoms with Crippen LogP contribution in [0.25, 0.3) is 0 Å². The Kier molecular flexibility index (Phi) is 17.2. The first-order chi connectivity index (χ1) is 20.4. The van der Waals surface area contributed by atoms with Crippen LogP contribution in [0.3, 0.4) is 0 Å². The van der Waals surface area contributed by atoms with E-state index in [1.54, 1.807) is 24.3 Å². The largest absolute Gasteiger partial charge is 0.490 e. The summed E-state index contributed by atoms with van der Waals surface area (Å²) in [6.07, 6.45) is -3.01. The van der Waals surface area contributed by atoms with Gasteiger partial charge in [0.2, 0.25) is 17.7 Å². The Labute approximate surface area is 251 Å². The van der Waals surface area contributed by atoms with E-state index in [0.717, 1.165) is 6.42 Å². The third kappa shape index (κ3) is 15.4. The number of aliphatic carboxylic acids is 2. The normalized spacial score (nSPS) is 12.7. The van der Waals surface area contributed by atoms with E-state index in [-0.39, 0.29) is 37.6 Å². The van der Waals surface area contributed by atoms with Crippen LogP contribution in [-0.4, -0.2) is 83.5 Å². The highest BCUT2D eigenvalue weighted by atomic mass is 19.4. The van der Waals surface area contributed by atoms with Crippen molar-refractivity contribution >= 4 is 41.5 Å². The summed E-state index contributed by atoms with van der Waals surface area (Å²) >= 11 is 0. The van der Waals surface area contributed by atoms with Crippen molar-refractivity contribution in [2.24, 2.45) is 17.4 Å². The number of amides is 3. The Morgan fingerprint density at radius 3 is 1.84 bits per heavy atom. The van der Waals surface area contributed by atoms with Crippen molar-refractivity contribution in [2.75, 3.05) is 13.6 Å². The van der Waals surface area contributed by atoms with Gasteiger partial charge in [-0.05, 0) is 31.2 Å². The van der Waals surface area contributed by atoms with E-state index in [1.165, 1.54) is 7.05 Å². The van der Waals surface area contributed by atoms with E-state index in [0.29, 0.717) is 24.0 Å². The van der Waals surface area contributed by atoms with Crippen molar-refractivity contribution in [3.8, 4) is 0 Å². The fraction of sp³-hybridized carbons (Fsp3) is 0.500. The molecule has 0 saturated heterocycles. The molecule has 0 spiro atoms. The molecule has 0 saturated carbocycles. The molecule has 1 aromatic carbocycles. The fourth-order valence-corrected chi connectivity index (χ4v) is 3.54. The lowest BCUT2D eigenvalue weighted by molar-refractivity contribution is -0.192. The summed E-state index contributed by atoms with van der Waals surface area (Å²) in [5.74, 6) is -7.33. The molecule has 3 atom stereocenters. The molecule has 1 unspecified atom stereocenters. The van der Waals surface area contributed by atoms with Crippen molar-refractivity contribution in [1.82, 2.24) is 21.3 Å². The quantitative estimate of drug-likeness (QED) is 0.0505. The minimum absolute atomic E-state index is 0.0483. The monoisotopic (exact) mass is 632 g/mol. The lowest BCUT2D eigenvalue weighted by Gasteiger charge is -2.24. The molecule has 0 heterocycles. The molecule has 0 aromatic heterocycles. The molecule has 246 valence electrons. The van der Waals surface area contributed by atoms with E-state index in [4.69, 9.17) is 32.2 Å². The number of rotatable bonds is 16. The van der Waals surface area contributed by atoms with Crippen LogP contribution >= 0.6 is 0 Å². The number of guanidine groups is 1. The van der Waals surface area contributed by atoms with Crippen molar-refractivity contribution in [3.05, 3.63) is 35.4 Å². The number of benzene rings is 1. The maximum absolute atomic E-state index is 13.1. The van der Waals surface area contributed by atoms with Gasteiger partial charge in [0.15, 0.2) is 5.96 Å². The highest BCUT2D eigenvalue weighted by Crippen LogP contribution is 2.14. The van der Waals surface area contributed by atoms with Gasteiger partial charge in [0, 0.05) is 19.2 Å². The summed E-state index contributed by atoms with van der Waals surface area (Å²) in [5, 5.41) is 41.4. The van der Waals surface area contributed by atoms with Crippen LogP contribution in [-0.2, 0) is 30.4 Å². The van der Waals surface area contributed by atoms with Gasteiger partial charge < -0.3 is 42.9 Å². The number of amidine groups is 1. The number of nitrogens with two attached hydrogens (primary N) is 2. The van der Waals surface area contributed by atoms with Crippen LogP contribution in [0.5, 0.6) is 0 Å². The number of halogens is 3. The van der Waals surface area contributed by atoms with Crippen LogP contribution in [0.15, 0.2) is 24.3 Å². The Balaban J connectivity index is 0.00000234. The standard InChI is InChI=1S/C24H38N8O5.C2HF3O2/c1-3-4-6-17(22(35)32-18(23(36)37)7-5-12-30-24(27)28)31-21(34)16(20(33)29-2)13-14-8-10-15(11-9-14)19(25)26;3-2(4,5)1(6)7/h8-11,16-18H,3-7,12-13H2,1-2H3,(H3,25,26)(H,29,33)(H,31,34)(H,32,35)(H,36,37)(H4,27,28,30);(H,6,7)/t16-,17-,18?;/m0./s1. The van der Waals surface area contributed by atoms with Gasteiger partial charge in [-0.2, -0.15) is 13.2 Å². The van der Waals surface area contributed by atoms with Crippen LogP contribution in [0, 0.1) is 16.7 Å². The number of carboxylic acids is 2. The minimum Gasteiger partial charge on any atom is -0.480 e. The maximum atomic E-state index is 13.1. The Bertz CT molecular complexity index is 1160. The third-order valence-electron chi connectivity index (χ3n) is 5.91. The van der Waals surface area contributed by atoms with Gasteiger partial charge in [-0.15, -0.1) is 0 Å². The molecule has 15 nitrogen and oxygen atoms in total. The van der Waals surface area contributed by atoms with E-state index in [2.05, 4.69) is 21.3 Å². The minimum atomic E-state index is -5.08. The molecule has 0 fully saturated rings. The van der Waals surface area contributed by atoms with Gasteiger partial charge in [0.1, 0.15) is 23.8 Å². The van der Waals surface area contributed by atoms with Crippen LogP contribution in [0.4, 0.5) is 13.2 Å². The van der Waals surface area contributed by atoms with Crippen molar-refractivity contribution in [2.45, 2.75) is 63.7 Å². The predicted molar refractivity (Wildman–Crippen MR) is 153 cm³/mol. The summed E-state index contributed by atoms with van der Waals surface area (Å²) in [7, 11) is 1.40. The van der Waals surface area contributed by atoms with Crippen LogP contribution < -0.4 is 32.7 Å². The van der Waals surface area contributed by atoms with Crippen LogP contribution in [0.2, 0.25) is 0 Å². The van der Waals surface area contributed by atoms with E-state index in [9.17, 15) is 37.5 Å². The zero-order valence-corrected chi connectivity index (χ0v) is 24.2. The molecule has 1 aromatic rings. The number of carbonyl (C=O) groups excluding carboxylic acids is 3. The summed E-state index contributed by atoms with van der Waals surface area (Å²) < 4.78 is 31.7. The van der Waals surface area contributed by atoms with Crippen molar-refractivity contribution < 1.29 is 47.4 Å². The zero-order valence-electron chi connectivity index (χ0n) is 24.2. The summed E-state index contributed by atoms with van der Waals surface area (Å²) in [5.41, 5.74) is 11.8. The average Bonchev–Trinajstić information content (AvgIpc) is 2.94. The number of carbonyl (C=O) groups is 5.